The number of aromatic nitrogens is 1. The minimum atomic E-state index is 0.539. The van der Waals surface area contributed by atoms with Crippen LogP contribution in [0.4, 0.5) is 10.8 Å². The molecule has 19 heavy (non-hydrogen) atoms. The van der Waals surface area contributed by atoms with E-state index in [1.807, 2.05) is 18.2 Å². The first kappa shape index (κ1) is 12.2. The van der Waals surface area contributed by atoms with Gasteiger partial charge in [0.25, 0.3) is 0 Å². The molecule has 0 aliphatic heterocycles. The van der Waals surface area contributed by atoms with Crippen molar-refractivity contribution in [2.24, 2.45) is 0 Å². The Kier molecular flexibility index (Phi) is 3.22. The highest BCUT2D eigenvalue weighted by atomic mass is 32.1. The molecule has 3 aromatic rings. The van der Waals surface area contributed by atoms with Crippen molar-refractivity contribution < 1.29 is 0 Å². The second-order valence-corrected chi connectivity index (χ2v) is 5.92. The van der Waals surface area contributed by atoms with E-state index in [4.69, 9.17) is 0 Å². The standard InChI is InChI=1S/C16H16N2S/c1-11(2)12-6-5-7-13(10-12)17-16-18-14-8-3-4-9-15(14)19-16/h3-11H,1-2H3,(H,17,18). The third kappa shape index (κ3) is 2.61. The number of fused-ring (bicyclic) bond motifs is 1. The zero-order chi connectivity index (χ0) is 13.2. The molecule has 0 aliphatic rings. The highest BCUT2D eigenvalue weighted by Crippen LogP contribution is 2.28. The maximum absolute atomic E-state index is 4.59. The molecule has 2 aromatic carbocycles. The lowest BCUT2D eigenvalue weighted by atomic mass is 10.0. The summed E-state index contributed by atoms with van der Waals surface area (Å²) < 4.78 is 1.21. The molecule has 1 N–H and O–H groups in total. The fourth-order valence-corrected chi connectivity index (χ4v) is 2.91. The van der Waals surface area contributed by atoms with Crippen molar-refractivity contribution >= 4 is 32.4 Å². The number of hydrogen-bond donors (Lipinski definition) is 1. The maximum atomic E-state index is 4.59. The molecule has 0 aliphatic carbocycles. The van der Waals surface area contributed by atoms with Crippen LogP contribution in [-0.4, -0.2) is 4.98 Å². The largest absolute Gasteiger partial charge is 0.332 e. The van der Waals surface area contributed by atoms with Gasteiger partial charge < -0.3 is 5.32 Å². The topological polar surface area (TPSA) is 24.9 Å². The lowest BCUT2D eigenvalue weighted by molar-refractivity contribution is 0.867. The molecule has 1 heterocycles. The summed E-state index contributed by atoms with van der Waals surface area (Å²) in [6, 6.07) is 16.7. The molecule has 3 heteroatoms. The fraction of sp³-hybridized carbons (Fsp3) is 0.188. The lowest BCUT2D eigenvalue weighted by Crippen LogP contribution is -1.92. The Labute approximate surface area is 117 Å². The Morgan fingerprint density at radius 2 is 1.89 bits per heavy atom. The van der Waals surface area contributed by atoms with Gasteiger partial charge in [-0.1, -0.05) is 49.4 Å². The molecular formula is C16H16N2S. The molecule has 1 aromatic heterocycles. The molecule has 3 rings (SSSR count). The smallest absolute Gasteiger partial charge is 0.188 e. The molecule has 0 spiro atoms. The number of nitrogens with zero attached hydrogens (tertiary/aromatic N) is 1. The fourth-order valence-electron chi connectivity index (χ4n) is 2.02. The number of anilines is 2. The molecule has 96 valence electrons. The van der Waals surface area contributed by atoms with Gasteiger partial charge in [0, 0.05) is 5.69 Å². The number of benzene rings is 2. The van der Waals surface area contributed by atoms with Crippen molar-refractivity contribution in [2.75, 3.05) is 5.32 Å². The predicted molar refractivity (Wildman–Crippen MR) is 83.4 cm³/mol. The van der Waals surface area contributed by atoms with Gasteiger partial charge in [-0.05, 0) is 35.7 Å². The van der Waals surface area contributed by atoms with Crippen molar-refractivity contribution in [1.29, 1.82) is 0 Å². The summed E-state index contributed by atoms with van der Waals surface area (Å²) >= 11 is 1.68. The summed E-state index contributed by atoms with van der Waals surface area (Å²) in [5, 5.41) is 4.34. The van der Waals surface area contributed by atoms with E-state index in [1.54, 1.807) is 11.3 Å². The zero-order valence-electron chi connectivity index (χ0n) is 11.1. The first-order valence-corrected chi connectivity index (χ1v) is 7.26. The first-order chi connectivity index (χ1) is 9.22. The summed E-state index contributed by atoms with van der Waals surface area (Å²) in [5.74, 6) is 0.539. The molecule has 0 radical (unpaired) electrons. The van der Waals surface area contributed by atoms with Gasteiger partial charge in [0.2, 0.25) is 0 Å². The van der Waals surface area contributed by atoms with E-state index in [-0.39, 0.29) is 0 Å². The quantitative estimate of drug-likeness (QED) is 0.709. The van der Waals surface area contributed by atoms with Gasteiger partial charge in [-0.2, -0.15) is 0 Å². The van der Waals surface area contributed by atoms with Crippen molar-refractivity contribution in [3.8, 4) is 0 Å². The first-order valence-electron chi connectivity index (χ1n) is 6.45. The molecule has 0 atom stereocenters. The van der Waals surface area contributed by atoms with Crippen molar-refractivity contribution in [3.63, 3.8) is 0 Å². The van der Waals surface area contributed by atoms with Crippen molar-refractivity contribution in [1.82, 2.24) is 4.98 Å². The minimum Gasteiger partial charge on any atom is -0.332 e. The number of hydrogen-bond acceptors (Lipinski definition) is 3. The molecule has 0 fully saturated rings. The summed E-state index contributed by atoms with van der Waals surface area (Å²) in [6.45, 7) is 4.41. The average Bonchev–Trinajstić information content (AvgIpc) is 2.81. The summed E-state index contributed by atoms with van der Waals surface area (Å²) in [7, 11) is 0. The van der Waals surface area contributed by atoms with Gasteiger partial charge in [0.05, 0.1) is 10.2 Å². The van der Waals surface area contributed by atoms with E-state index < -0.39 is 0 Å². The monoisotopic (exact) mass is 268 g/mol. The summed E-state index contributed by atoms with van der Waals surface area (Å²) in [5.41, 5.74) is 3.49. The number of thiazole rings is 1. The van der Waals surface area contributed by atoms with Gasteiger partial charge in [0.1, 0.15) is 0 Å². The third-order valence-electron chi connectivity index (χ3n) is 3.10. The summed E-state index contributed by atoms with van der Waals surface area (Å²) in [6.07, 6.45) is 0. The highest BCUT2D eigenvalue weighted by Gasteiger charge is 2.04. The van der Waals surface area contributed by atoms with Crippen molar-refractivity contribution in [2.45, 2.75) is 19.8 Å². The van der Waals surface area contributed by atoms with E-state index in [0.29, 0.717) is 5.92 Å². The van der Waals surface area contributed by atoms with Crippen LogP contribution in [0.3, 0.4) is 0 Å². The number of nitrogens with one attached hydrogen (secondary N) is 1. The van der Waals surface area contributed by atoms with E-state index in [2.05, 4.69) is 54.5 Å². The maximum Gasteiger partial charge on any atom is 0.188 e. The van der Waals surface area contributed by atoms with Crippen LogP contribution in [0.2, 0.25) is 0 Å². The van der Waals surface area contributed by atoms with Crippen LogP contribution in [0.1, 0.15) is 25.3 Å². The average molecular weight is 268 g/mol. The SMILES string of the molecule is CC(C)c1cccc(Nc2nc3ccccc3s2)c1. The molecule has 0 saturated heterocycles. The van der Waals surface area contributed by atoms with E-state index in [9.17, 15) is 0 Å². The van der Waals surface area contributed by atoms with Crippen LogP contribution in [0.25, 0.3) is 10.2 Å². The lowest BCUT2D eigenvalue weighted by Gasteiger charge is -2.08. The van der Waals surface area contributed by atoms with Gasteiger partial charge in [-0.15, -0.1) is 0 Å². The molecule has 2 nitrogen and oxygen atoms in total. The molecule has 0 unspecified atom stereocenters. The Bertz CT molecular complexity index is 668. The third-order valence-corrected chi connectivity index (χ3v) is 4.05. The van der Waals surface area contributed by atoms with Gasteiger partial charge >= 0.3 is 0 Å². The van der Waals surface area contributed by atoms with Gasteiger partial charge in [-0.25, -0.2) is 4.98 Å². The van der Waals surface area contributed by atoms with Crippen LogP contribution in [-0.2, 0) is 0 Å². The second-order valence-electron chi connectivity index (χ2n) is 4.89. The Morgan fingerprint density at radius 3 is 2.68 bits per heavy atom. The van der Waals surface area contributed by atoms with Crippen LogP contribution in [0.15, 0.2) is 48.5 Å². The Morgan fingerprint density at radius 1 is 1.05 bits per heavy atom. The minimum absolute atomic E-state index is 0.539. The van der Waals surface area contributed by atoms with E-state index in [0.717, 1.165) is 16.3 Å². The zero-order valence-corrected chi connectivity index (χ0v) is 11.9. The van der Waals surface area contributed by atoms with Crippen LogP contribution in [0.5, 0.6) is 0 Å². The van der Waals surface area contributed by atoms with Gasteiger partial charge in [-0.3, -0.25) is 0 Å². The normalized spacial score (nSPS) is 11.1. The van der Waals surface area contributed by atoms with Crippen LogP contribution >= 0.6 is 11.3 Å². The molecule has 0 bridgehead atoms. The highest BCUT2D eigenvalue weighted by molar-refractivity contribution is 7.22. The molecular weight excluding hydrogens is 252 g/mol. The van der Waals surface area contributed by atoms with Crippen molar-refractivity contribution in [3.05, 3.63) is 54.1 Å². The van der Waals surface area contributed by atoms with Crippen LogP contribution in [0, 0.1) is 0 Å². The van der Waals surface area contributed by atoms with E-state index >= 15 is 0 Å². The Balaban J connectivity index is 1.90. The number of rotatable bonds is 3. The Hall–Kier alpha value is -1.87. The van der Waals surface area contributed by atoms with Crippen LogP contribution < -0.4 is 5.32 Å². The summed E-state index contributed by atoms with van der Waals surface area (Å²) in [4.78, 5) is 4.59. The van der Waals surface area contributed by atoms with Gasteiger partial charge in [0.15, 0.2) is 5.13 Å². The predicted octanol–water partition coefficient (Wildman–Crippen LogP) is 5.16. The van der Waals surface area contributed by atoms with E-state index in [1.165, 1.54) is 10.3 Å². The number of para-hydroxylation sites is 1. The molecule has 0 saturated carbocycles. The molecule has 0 amide bonds. The second kappa shape index (κ2) is 5.02.